The topological polar surface area (TPSA) is 73.9 Å². The third-order valence-electron chi connectivity index (χ3n) is 5.34. The van der Waals surface area contributed by atoms with Crippen molar-refractivity contribution in [3.63, 3.8) is 0 Å². The highest BCUT2D eigenvalue weighted by Crippen LogP contribution is 2.24. The third-order valence-corrected chi connectivity index (χ3v) is 5.34. The molecule has 1 heterocycles. The van der Waals surface area contributed by atoms with Gasteiger partial charge < -0.3 is 19.5 Å². The lowest BCUT2D eigenvalue weighted by atomic mass is 10.1. The predicted molar refractivity (Wildman–Crippen MR) is 113 cm³/mol. The molecule has 170 valence electrons. The molecule has 0 saturated carbocycles. The van der Waals surface area contributed by atoms with E-state index in [1.54, 1.807) is 0 Å². The molecule has 1 saturated heterocycles. The molecule has 2 amide bonds. The van der Waals surface area contributed by atoms with Crippen LogP contribution >= 0.6 is 0 Å². The van der Waals surface area contributed by atoms with Gasteiger partial charge in [0.15, 0.2) is 6.54 Å². The molecule has 0 aromatic heterocycles. The maximum absolute atomic E-state index is 12.9. The number of carbonyl (C=O) groups is 2. The molecule has 7 nitrogen and oxygen atoms in total. The molecule has 0 aromatic carbocycles. The molecule has 2 unspecified atom stereocenters. The molecular weight excluding hydrogens is 372 g/mol. The number of unbranched alkanes of at least 4 members (excludes halogenated alkanes) is 4. The highest BCUT2D eigenvalue weighted by Gasteiger charge is 2.49. The third kappa shape index (κ3) is 9.45. The Balaban J connectivity index is 2.55. The quantitative estimate of drug-likeness (QED) is 0.221. The summed E-state index contributed by atoms with van der Waals surface area (Å²) in [7, 11) is 0. The predicted octanol–water partition coefficient (Wildman–Crippen LogP) is 4.00. The zero-order valence-electron chi connectivity index (χ0n) is 18.9. The van der Waals surface area contributed by atoms with Crippen molar-refractivity contribution < 1.29 is 28.3 Å². The van der Waals surface area contributed by atoms with Crippen molar-refractivity contribution in [1.29, 1.82) is 0 Å². The van der Waals surface area contributed by atoms with Gasteiger partial charge in [-0.3, -0.25) is 0 Å². The van der Waals surface area contributed by atoms with Crippen LogP contribution in [0.15, 0.2) is 0 Å². The molecule has 0 bridgehead atoms. The van der Waals surface area contributed by atoms with Gasteiger partial charge in [-0.05, 0) is 32.1 Å². The maximum Gasteiger partial charge on any atom is 0.419 e. The molecule has 0 aliphatic carbocycles. The van der Waals surface area contributed by atoms with E-state index in [0.29, 0.717) is 32.9 Å². The Bertz CT molecular complexity index is 460. The Morgan fingerprint density at radius 3 is 2.34 bits per heavy atom. The Kier molecular flexibility index (Phi) is 13.9. The Morgan fingerprint density at radius 2 is 1.62 bits per heavy atom. The molecule has 1 aliphatic heterocycles. The van der Waals surface area contributed by atoms with E-state index < -0.39 is 0 Å². The molecule has 1 N–H and O–H groups in total. The first-order valence-corrected chi connectivity index (χ1v) is 11.6. The fourth-order valence-electron chi connectivity index (χ4n) is 3.48. The number of quaternary nitrogens is 1. The van der Waals surface area contributed by atoms with Crippen LogP contribution in [0.25, 0.3) is 0 Å². The van der Waals surface area contributed by atoms with Crippen LogP contribution in [0.3, 0.4) is 0 Å². The lowest BCUT2D eigenvalue weighted by molar-refractivity contribution is -0.897. The van der Waals surface area contributed by atoms with Gasteiger partial charge in [0.05, 0.1) is 19.8 Å². The van der Waals surface area contributed by atoms with Crippen molar-refractivity contribution in [2.24, 2.45) is 0 Å². The molecular formula is C22H43N2O5+. The maximum atomic E-state index is 12.9. The fraction of sp³-hybridized carbons (Fsp3) is 0.909. The summed E-state index contributed by atoms with van der Waals surface area (Å²) in [6.45, 7) is 10.0. The van der Waals surface area contributed by atoms with Crippen LogP contribution in [0.4, 0.5) is 4.79 Å². The van der Waals surface area contributed by atoms with Crippen molar-refractivity contribution in [3.05, 3.63) is 0 Å². The Morgan fingerprint density at radius 1 is 0.966 bits per heavy atom. The van der Waals surface area contributed by atoms with Crippen molar-refractivity contribution in [1.82, 2.24) is 5.32 Å². The van der Waals surface area contributed by atoms with E-state index in [4.69, 9.17) is 14.2 Å². The first kappa shape index (κ1) is 25.9. The summed E-state index contributed by atoms with van der Waals surface area (Å²) in [6, 6.07) is -0.118. The number of esters is 1. The molecule has 1 aliphatic rings. The summed E-state index contributed by atoms with van der Waals surface area (Å²) in [5, 5.41) is 2.94. The van der Waals surface area contributed by atoms with E-state index in [9.17, 15) is 9.59 Å². The first-order valence-electron chi connectivity index (χ1n) is 11.6. The molecule has 0 aromatic rings. The van der Waals surface area contributed by atoms with Crippen LogP contribution in [-0.4, -0.2) is 68.8 Å². The molecule has 0 radical (unpaired) electrons. The van der Waals surface area contributed by atoms with E-state index in [-0.39, 0.29) is 29.3 Å². The zero-order chi connectivity index (χ0) is 21.4. The molecule has 2 atom stereocenters. The minimum absolute atomic E-state index is 0.0104. The number of amides is 2. The van der Waals surface area contributed by atoms with Gasteiger partial charge in [-0.1, -0.05) is 40.0 Å². The van der Waals surface area contributed by atoms with Crippen molar-refractivity contribution in [2.75, 3.05) is 46.1 Å². The van der Waals surface area contributed by atoms with E-state index in [2.05, 4.69) is 26.1 Å². The van der Waals surface area contributed by atoms with Gasteiger partial charge in [-0.15, -0.1) is 0 Å². The number of hydrogen-bond donors (Lipinski definition) is 1. The van der Waals surface area contributed by atoms with Crippen molar-refractivity contribution in [2.45, 2.75) is 84.8 Å². The van der Waals surface area contributed by atoms with Crippen LogP contribution in [0.2, 0.25) is 0 Å². The van der Waals surface area contributed by atoms with Crippen LogP contribution in [0.1, 0.15) is 78.6 Å². The first-order chi connectivity index (χ1) is 14.1. The summed E-state index contributed by atoms with van der Waals surface area (Å²) in [4.78, 5) is 25.4. The average molecular weight is 416 g/mol. The average Bonchev–Trinajstić information content (AvgIpc) is 2.71. The number of carbonyl (C=O) groups excluding carboxylic acids is 2. The van der Waals surface area contributed by atoms with Gasteiger partial charge in [0, 0.05) is 26.2 Å². The second-order valence-electron chi connectivity index (χ2n) is 7.86. The van der Waals surface area contributed by atoms with E-state index >= 15 is 0 Å². The lowest BCUT2D eigenvalue weighted by Crippen LogP contribution is -2.69. The summed E-state index contributed by atoms with van der Waals surface area (Å²) < 4.78 is 17.1. The summed E-state index contributed by atoms with van der Waals surface area (Å²) in [5.41, 5.74) is 0. The van der Waals surface area contributed by atoms with Crippen LogP contribution < -0.4 is 5.32 Å². The van der Waals surface area contributed by atoms with E-state index in [1.165, 1.54) is 0 Å². The number of ether oxygens (including phenoxy) is 3. The zero-order valence-corrected chi connectivity index (χ0v) is 18.9. The van der Waals surface area contributed by atoms with Gasteiger partial charge in [0.1, 0.15) is 0 Å². The van der Waals surface area contributed by atoms with Crippen LogP contribution in [-0.2, 0) is 19.0 Å². The van der Waals surface area contributed by atoms with Crippen molar-refractivity contribution >= 4 is 12.0 Å². The minimum Gasteiger partial charge on any atom is -0.462 e. The lowest BCUT2D eigenvalue weighted by Gasteiger charge is -2.43. The smallest absolute Gasteiger partial charge is 0.419 e. The number of urea groups is 1. The second kappa shape index (κ2) is 15.6. The molecule has 1 rings (SSSR count). The monoisotopic (exact) mass is 415 g/mol. The molecule has 0 spiro atoms. The molecule has 29 heavy (non-hydrogen) atoms. The minimum atomic E-state index is -0.325. The van der Waals surface area contributed by atoms with Gasteiger partial charge in [-0.2, -0.15) is 0 Å². The highest BCUT2D eigenvalue weighted by atomic mass is 16.5. The SMILES string of the molecule is CCCCOCCCCOC(=O)C[N+]1(CCCC)C(=O)NCCC1OCCCC. The van der Waals surface area contributed by atoms with Crippen LogP contribution in [0, 0.1) is 0 Å². The van der Waals surface area contributed by atoms with Gasteiger partial charge in [0.2, 0.25) is 6.23 Å². The Hall–Kier alpha value is -1.18. The summed E-state index contributed by atoms with van der Waals surface area (Å²) in [6.07, 6.45) is 8.12. The van der Waals surface area contributed by atoms with E-state index in [0.717, 1.165) is 64.4 Å². The van der Waals surface area contributed by atoms with E-state index in [1.807, 2.05) is 0 Å². The van der Waals surface area contributed by atoms with Crippen LogP contribution in [0.5, 0.6) is 0 Å². The van der Waals surface area contributed by atoms with Gasteiger partial charge in [0.25, 0.3) is 0 Å². The Labute approximate surface area is 177 Å². The van der Waals surface area contributed by atoms with Gasteiger partial charge in [-0.25, -0.2) is 14.1 Å². The number of nitrogens with zero attached hydrogens (tertiary/aromatic N) is 1. The summed E-state index contributed by atoms with van der Waals surface area (Å²) in [5.74, 6) is -0.325. The van der Waals surface area contributed by atoms with Gasteiger partial charge >= 0.3 is 12.0 Å². The highest BCUT2D eigenvalue weighted by molar-refractivity contribution is 5.75. The largest absolute Gasteiger partial charge is 0.462 e. The second-order valence-corrected chi connectivity index (χ2v) is 7.86. The molecule has 1 fully saturated rings. The number of hydrogen-bond acceptors (Lipinski definition) is 5. The molecule has 7 heteroatoms. The fourth-order valence-corrected chi connectivity index (χ4v) is 3.48. The number of nitrogens with one attached hydrogen (secondary N) is 1. The normalized spacial score (nSPS) is 21.8. The standard InChI is InChI=1S/C22H42N2O5/c1-4-7-14-24(20(28-17-9-6-3)12-13-23-22(24)26)19-21(25)29-18-11-10-16-27-15-8-5-2/h20H,4-19H2,1-3H3/p+1. The summed E-state index contributed by atoms with van der Waals surface area (Å²) >= 11 is 0. The number of rotatable bonds is 17. The van der Waals surface area contributed by atoms with Crippen molar-refractivity contribution in [3.8, 4) is 0 Å².